The molecule has 0 radical (unpaired) electrons. The Bertz CT molecular complexity index is 988. The Morgan fingerprint density at radius 3 is 2.41 bits per heavy atom. The summed E-state index contributed by atoms with van der Waals surface area (Å²) < 4.78 is 21.6. The molecule has 0 saturated heterocycles. The molecule has 5 rings (SSSR count). The second kappa shape index (κ2) is 6.75. The van der Waals surface area contributed by atoms with Crippen molar-refractivity contribution in [2.24, 2.45) is 0 Å². The van der Waals surface area contributed by atoms with E-state index < -0.39 is 0 Å². The van der Waals surface area contributed by atoms with Crippen molar-refractivity contribution in [1.29, 1.82) is 0 Å². The third-order valence-corrected chi connectivity index (χ3v) is 5.43. The van der Waals surface area contributed by atoms with Gasteiger partial charge in [0.05, 0.1) is 5.69 Å². The van der Waals surface area contributed by atoms with Gasteiger partial charge in [0, 0.05) is 24.0 Å². The fraction of sp³-hybridized carbons (Fsp3) is 0.250. The number of aromatic nitrogens is 1. The van der Waals surface area contributed by atoms with E-state index in [-0.39, 0.29) is 6.79 Å². The van der Waals surface area contributed by atoms with Crippen LogP contribution in [0.4, 0.5) is 0 Å². The highest BCUT2D eigenvalue weighted by atomic mass is 32.1. The zero-order valence-corrected chi connectivity index (χ0v) is 15.6. The molecule has 0 amide bonds. The van der Waals surface area contributed by atoms with Crippen LogP contribution in [-0.4, -0.2) is 30.5 Å². The molecule has 0 spiro atoms. The average Bonchev–Trinajstić information content (AvgIpc) is 3.40. The van der Waals surface area contributed by atoms with E-state index in [2.05, 4.69) is 23.4 Å². The summed E-state index contributed by atoms with van der Waals surface area (Å²) in [5.41, 5.74) is 3.29. The summed E-state index contributed by atoms with van der Waals surface area (Å²) in [4.78, 5) is 7.01. The zero-order chi connectivity index (χ0) is 18.2. The molecule has 2 aliphatic rings. The number of nitrogens with zero attached hydrogens (tertiary/aromatic N) is 2. The van der Waals surface area contributed by atoms with Gasteiger partial charge in [0.25, 0.3) is 0 Å². The molecule has 1 aromatic heterocycles. The predicted molar refractivity (Wildman–Crippen MR) is 101 cm³/mol. The molecule has 6 nitrogen and oxygen atoms in total. The summed E-state index contributed by atoms with van der Waals surface area (Å²) in [7, 11) is 2.09. The molecular formula is C20H18N2O4S. The number of benzene rings is 2. The number of fused-ring (bicyclic) bond motifs is 2. The fourth-order valence-electron chi connectivity index (χ4n) is 3.23. The van der Waals surface area contributed by atoms with E-state index in [1.165, 1.54) is 5.56 Å². The van der Waals surface area contributed by atoms with Gasteiger partial charge in [-0.05, 0) is 42.9 Å². The molecule has 3 aromatic rings. The van der Waals surface area contributed by atoms with Crippen molar-refractivity contribution in [2.45, 2.75) is 13.1 Å². The van der Waals surface area contributed by atoms with E-state index >= 15 is 0 Å². The van der Waals surface area contributed by atoms with Crippen molar-refractivity contribution in [2.75, 3.05) is 20.6 Å². The number of rotatable bonds is 5. The lowest BCUT2D eigenvalue weighted by Crippen LogP contribution is -2.17. The number of hydrogen-bond acceptors (Lipinski definition) is 7. The highest BCUT2D eigenvalue weighted by Gasteiger charge is 2.16. The zero-order valence-electron chi connectivity index (χ0n) is 14.8. The molecule has 138 valence electrons. The molecule has 7 heteroatoms. The Balaban J connectivity index is 1.26. The monoisotopic (exact) mass is 382 g/mol. The molecule has 27 heavy (non-hydrogen) atoms. The van der Waals surface area contributed by atoms with Gasteiger partial charge in [-0.2, -0.15) is 0 Å². The van der Waals surface area contributed by atoms with Crippen LogP contribution in [0.2, 0.25) is 0 Å². The van der Waals surface area contributed by atoms with Gasteiger partial charge >= 0.3 is 0 Å². The molecule has 3 heterocycles. The summed E-state index contributed by atoms with van der Waals surface area (Å²) in [5, 5.41) is 3.09. The van der Waals surface area contributed by atoms with Crippen LogP contribution in [0.5, 0.6) is 23.0 Å². The maximum absolute atomic E-state index is 5.46. The number of ether oxygens (including phenoxy) is 4. The summed E-state index contributed by atoms with van der Waals surface area (Å²) in [5.74, 6) is 3.21. The standard InChI is InChI=1S/C20H18N2O4S/c1-22(8-13-2-4-16-18(6-13)25-11-23-16)9-15-10-27-20(21-15)14-3-5-17-19(7-14)26-12-24-17/h2-7,10H,8-9,11-12H2,1H3. The lowest BCUT2D eigenvalue weighted by molar-refractivity contribution is 0.173. The van der Waals surface area contributed by atoms with Crippen LogP contribution in [0.3, 0.4) is 0 Å². The summed E-state index contributed by atoms with van der Waals surface area (Å²) in [6.45, 7) is 2.17. The van der Waals surface area contributed by atoms with Gasteiger partial charge in [-0.1, -0.05) is 6.07 Å². The minimum absolute atomic E-state index is 0.284. The molecule has 0 fully saturated rings. The second-order valence-electron chi connectivity index (χ2n) is 6.57. The third kappa shape index (κ3) is 3.31. The number of thiazole rings is 1. The van der Waals surface area contributed by atoms with Crippen LogP contribution in [0.1, 0.15) is 11.3 Å². The van der Waals surface area contributed by atoms with Crippen molar-refractivity contribution in [3.8, 4) is 33.6 Å². The first-order valence-electron chi connectivity index (χ1n) is 8.66. The summed E-state index contributed by atoms with van der Waals surface area (Å²) in [6.07, 6.45) is 0. The van der Waals surface area contributed by atoms with Crippen molar-refractivity contribution in [3.05, 3.63) is 53.0 Å². The molecule has 0 atom stereocenters. The van der Waals surface area contributed by atoms with Crippen molar-refractivity contribution in [1.82, 2.24) is 9.88 Å². The van der Waals surface area contributed by atoms with E-state index in [9.17, 15) is 0 Å². The normalized spacial score (nSPS) is 14.1. The Hall–Kier alpha value is -2.77. The highest BCUT2D eigenvalue weighted by Crippen LogP contribution is 2.37. The minimum atomic E-state index is 0.284. The van der Waals surface area contributed by atoms with Crippen LogP contribution in [0, 0.1) is 0 Å². The van der Waals surface area contributed by atoms with Gasteiger partial charge in [-0.3, -0.25) is 4.90 Å². The molecule has 2 aromatic carbocycles. The Kier molecular flexibility index (Phi) is 4.10. The molecule has 2 aliphatic heterocycles. The van der Waals surface area contributed by atoms with Gasteiger partial charge in [0.1, 0.15) is 5.01 Å². The van der Waals surface area contributed by atoms with E-state index in [4.69, 9.17) is 23.9 Å². The second-order valence-corrected chi connectivity index (χ2v) is 7.43. The van der Waals surface area contributed by atoms with Gasteiger partial charge in [-0.15, -0.1) is 11.3 Å². The van der Waals surface area contributed by atoms with Crippen LogP contribution in [-0.2, 0) is 13.1 Å². The SMILES string of the molecule is CN(Cc1ccc2c(c1)OCO2)Cc1csc(-c2ccc3c(c2)OCO3)n1. The van der Waals surface area contributed by atoms with Gasteiger partial charge < -0.3 is 18.9 Å². The molecule has 0 aliphatic carbocycles. The first kappa shape index (κ1) is 16.4. The molecule has 0 unspecified atom stereocenters. The highest BCUT2D eigenvalue weighted by molar-refractivity contribution is 7.13. The van der Waals surface area contributed by atoms with Gasteiger partial charge in [0.15, 0.2) is 23.0 Å². The largest absolute Gasteiger partial charge is 0.454 e. The van der Waals surface area contributed by atoms with Gasteiger partial charge in [0.2, 0.25) is 13.6 Å². The van der Waals surface area contributed by atoms with Crippen LogP contribution in [0.15, 0.2) is 41.8 Å². The predicted octanol–water partition coefficient (Wildman–Crippen LogP) is 3.90. The average molecular weight is 382 g/mol. The molecule has 0 N–H and O–H groups in total. The Labute approximate surface area is 160 Å². The Morgan fingerprint density at radius 1 is 0.889 bits per heavy atom. The van der Waals surface area contributed by atoms with Crippen molar-refractivity contribution in [3.63, 3.8) is 0 Å². The van der Waals surface area contributed by atoms with Crippen molar-refractivity contribution < 1.29 is 18.9 Å². The van der Waals surface area contributed by atoms with Crippen LogP contribution < -0.4 is 18.9 Å². The molecule has 0 saturated carbocycles. The molecule has 0 bridgehead atoms. The Morgan fingerprint density at radius 2 is 1.59 bits per heavy atom. The quantitative estimate of drug-likeness (QED) is 0.667. The van der Waals surface area contributed by atoms with E-state index in [1.807, 2.05) is 30.3 Å². The topological polar surface area (TPSA) is 53.1 Å². The molecular weight excluding hydrogens is 364 g/mol. The van der Waals surface area contributed by atoms with E-state index in [0.717, 1.165) is 52.4 Å². The van der Waals surface area contributed by atoms with Crippen molar-refractivity contribution >= 4 is 11.3 Å². The van der Waals surface area contributed by atoms with E-state index in [0.29, 0.717) is 6.79 Å². The maximum Gasteiger partial charge on any atom is 0.231 e. The summed E-state index contributed by atoms with van der Waals surface area (Å²) >= 11 is 1.64. The fourth-order valence-corrected chi connectivity index (χ4v) is 4.03. The lowest BCUT2D eigenvalue weighted by atomic mass is 10.2. The maximum atomic E-state index is 5.46. The smallest absolute Gasteiger partial charge is 0.231 e. The first-order valence-corrected chi connectivity index (χ1v) is 9.54. The van der Waals surface area contributed by atoms with E-state index in [1.54, 1.807) is 11.3 Å². The van der Waals surface area contributed by atoms with Crippen LogP contribution >= 0.6 is 11.3 Å². The number of hydrogen-bond donors (Lipinski definition) is 0. The van der Waals surface area contributed by atoms with Gasteiger partial charge in [-0.25, -0.2) is 4.98 Å². The summed E-state index contributed by atoms with van der Waals surface area (Å²) in [6, 6.07) is 12.0. The third-order valence-electron chi connectivity index (χ3n) is 4.49. The minimum Gasteiger partial charge on any atom is -0.454 e. The lowest BCUT2D eigenvalue weighted by Gasteiger charge is -2.15. The first-order chi connectivity index (χ1) is 13.2. The van der Waals surface area contributed by atoms with Crippen LogP contribution in [0.25, 0.3) is 10.6 Å².